The summed E-state index contributed by atoms with van der Waals surface area (Å²) in [5, 5.41) is 2.83. The summed E-state index contributed by atoms with van der Waals surface area (Å²) < 4.78 is 19.5. The van der Waals surface area contributed by atoms with E-state index in [1.165, 1.54) is 16.7 Å². The van der Waals surface area contributed by atoms with Crippen molar-refractivity contribution in [2.45, 2.75) is 5.33 Å². The zero-order valence-electron chi connectivity index (χ0n) is 7.51. The third kappa shape index (κ3) is 1.42. The van der Waals surface area contributed by atoms with Crippen molar-refractivity contribution in [2.24, 2.45) is 0 Å². The van der Waals surface area contributed by atoms with Crippen LogP contribution in [-0.2, 0) is 5.33 Å². The summed E-state index contributed by atoms with van der Waals surface area (Å²) >= 11 is 4.79. The SMILES string of the molecule is COc1ccc(CBr)c2scc(F)c12. The minimum atomic E-state index is -0.204. The predicted octanol–water partition coefficient (Wildman–Crippen LogP) is 3.94. The number of fused-ring (bicyclic) bond motifs is 1. The zero-order chi connectivity index (χ0) is 10.1. The van der Waals surface area contributed by atoms with Crippen LogP contribution in [0.5, 0.6) is 5.75 Å². The Balaban J connectivity index is 2.81. The second-order valence-electron chi connectivity index (χ2n) is 2.85. The van der Waals surface area contributed by atoms with Crippen molar-refractivity contribution in [3.63, 3.8) is 0 Å². The van der Waals surface area contributed by atoms with Crippen LogP contribution in [0.25, 0.3) is 10.1 Å². The van der Waals surface area contributed by atoms with Gasteiger partial charge in [-0.1, -0.05) is 22.0 Å². The van der Waals surface area contributed by atoms with E-state index in [0.717, 1.165) is 15.6 Å². The van der Waals surface area contributed by atoms with Crippen LogP contribution in [0, 0.1) is 5.82 Å². The fourth-order valence-corrected chi connectivity index (χ4v) is 3.01. The lowest BCUT2D eigenvalue weighted by Crippen LogP contribution is -1.86. The Labute approximate surface area is 93.6 Å². The van der Waals surface area contributed by atoms with Crippen LogP contribution in [-0.4, -0.2) is 7.11 Å². The molecular formula is C10H8BrFOS. The van der Waals surface area contributed by atoms with Gasteiger partial charge < -0.3 is 4.74 Å². The Kier molecular flexibility index (Phi) is 2.74. The number of ether oxygens (including phenoxy) is 1. The maximum absolute atomic E-state index is 13.4. The molecule has 0 aliphatic heterocycles. The number of hydrogen-bond acceptors (Lipinski definition) is 2. The van der Waals surface area contributed by atoms with Crippen LogP contribution in [0.3, 0.4) is 0 Å². The van der Waals surface area contributed by atoms with Crippen LogP contribution in [0.4, 0.5) is 4.39 Å². The van der Waals surface area contributed by atoms with Crippen molar-refractivity contribution < 1.29 is 9.13 Å². The van der Waals surface area contributed by atoms with Gasteiger partial charge in [0.2, 0.25) is 0 Å². The summed E-state index contributed by atoms with van der Waals surface area (Å²) in [6, 6.07) is 3.75. The largest absolute Gasteiger partial charge is 0.496 e. The minimum absolute atomic E-state index is 0.204. The smallest absolute Gasteiger partial charge is 0.145 e. The van der Waals surface area contributed by atoms with E-state index in [0.29, 0.717) is 11.1 Å². The molecule has 1 aromatic carbocycles. The van der Waals surface area contributed by atoms with Crippen molar-refractivity contribution in [3.05, 3.63) is 28.9 Å². The number of halogens is 2. The molecule has 1 heterocycles. The second kappa shape index (κ2) is 3.87. The molecule has 1 aromatic heterocycles. The third-order valence-corrected chi connectivity index (χ3v) is 3.71. The molecule has 0 bridgehead atoms. The number of rotatable bonds is 2. The molecule has 0 saturated heterocycles. The van der Waals surface area contributed by atoms with Crippen molar-refractivity contribution in [2.75, 3.05) is 7.11 Å². The molecule has 14 heavy (non-hydrogen) atoms. The summed E-state index contributed by atoms with van der Waals surface area (Å²) in [7, 11) is 1.56. The Morgan fingerprint density at radius 1 is 1.50 bits per heavy atom. The van der Waals surface area contributed by atoms with Crippen molar-refractivity contribution in [1.29, 1.82) is 0 Å². The van der Waals surface area contributed by atoms with Gasteiger partial charge in [0.15, 0.2) is 0 Å². The van der Waals surface area contributed by atoms with Gasteiger partial charge in [0.25, 0.3) is 0 Å². The molecule has 0 N–H and O–H groups in total. The maximum atomic E-state index is 13.4. The van der Waals surface area contributed by atoms with E-state index < -0.39 is 0 Å². The maximum Gasteiger partial charge on any atom is 0.145 e. The molecule has 2 aromatic rings. The lowest BCUT2D eigenvalue weighted by molar-refractivity contribution is 0.418. The van der Waals surface area contributed by atoms with Gasteiger partial charge in [0.1, 0.15) is 11.6 Å². The van der Waals surface area contributed by atoms with Crippen LogP contribution < -0.4 is 4.74 Å². The Morgan fingerprint density at radius 3 is 2.93 bits per heavy atom. The molecule has 0 radical (unpaired) electrons. The standard InChI is InChI=1S/C10H8BrFOS/c1-13-8-3-2-6(4-11)10-9(8)7(12)5-14-10/h2-3,5H,4H2,1H3. The quantitative estimate of drug-likeness (QED) is 0.754. The lowest BCUT2D eigenvalue weighted by atomic mass is 10.1. The first kappa shape index (κ1) is 9.93. The first-order valence-corrected chi connectivity index (χ1v) is 6.06. The summed E-state index contributed by atoms with van der Waals surface area (Å²) in [5.74, 6) is 0.396. The van der Waals surface area contributed by atoms with Gasteiger partial charge in [0.05, 0.1) is 12.5 Å². The fraction of sp³-hybridized carbons (Fsp3) is 0.200. The van der Waals surface area contributed by atoms with E-state index in [4.69, 9.17) is 4.74 Å². The van der Waals surface area contributed by atoms with Crippen molar-refractivity contribution >= 4 is 37.4 Å². The van der Waals surface area contributed by atoms with Gasteiger partial charge in [0, 0.05) is 15.4 Å². The van der Waals surface area contributed by atoms with Crippen molar-refractivity contribution in [1.82, 2.24) is 0 Å². The van der Waals surface area contributed by atoms with Gasteiger partial charge in [-0.05, 0) is 11.6 Å². The van der Waals surface area contributed by atoms with Gasteiger partial charge in [-0.2, -0.15) is 0 Å². The van der Waals surface area contributed by atoms with Crippen LogP contribution in [0.2, 0.25) is 0 Å². The van der Waals surface area contributed by atoms with Crippen LogP contribution in [0.15, 0.2) is 17.5 Å². The molecule has 74 valence electrons. The monoisotopic (exact) mass is 274 g/mol. The average molecular weight is 275 g/mol. The minimum Gasteiger partial charge on any atom is -0.496 e. The second-order valence-corrected chi connectivity index (χ2v) is 4.29. The van der Waals surface area contributed by atoms with Crippen molar-refractivity contribution in [3.8, 4) is 5.75 Å². The van der Waals surface area contributed by atoms with Gasteiger partial charge >= 0.3 is 0 Å². The molecule has 0 saturated carbocycles. The number of methoxy groups -OCH3 is 1. The first-order valence-electron chi connectivity index (χ1n) is 4.06. The summed E-state index contributed by atoms with van der Waals surface area (Å²) in [4.78, 5) is 0. The lowest BCUT2D eigenvalue weighted by Gasteiger charge is -2.04. The Morgan fingerprint density at radius 2 is 2.29 bits per heavy atom. The van der Waals surface area contributed by atoms with E-state index in [2.05, 4.69) is 15.9 Å². The van der Waals surface area contributed by atoms with E-state index in [9.17, 15) is 4.39 Å². The van der Waals surface area contributed by atoms with Gasteiger partial charge in [-0.25, -0.2) is 4.39 Å². The van der Waals surface area contributed by atoms with Gasteiger partial charge in [-0.15, -0.1) is 11.3 Å². The molecule has 0 aliphatic carbocycles. The number of hydrogen-bond donors (Lipinski definition) is 0. The third-order valence-electron chi connectivity index (χ3n) is 2.08. The number of benzene rings is 1. The molecular weight excluding hydrogens is 267 g/mol. The Hall–Kier alpha value is -0.610. The normalized spacial score (nSPS) is 10.8. The molecule has 0 atom stereocenters. The first-order chi connectivity index (χ1) is 6.77. The van der Waals surface area contributed by atoms with E-state index in [1.807, 2.05) is 6.07 Å². The highest BCUT2D eigenvalue weighted by molar-refractivity contribution is 9.08. The number of alkyl halides is 1. The molecule has 0 unspecified atom stereocenters. The highest BCUT2D eigenvalue weighted by Crippen LogP contribution is 2.35. The molecule has 0 aliphatic rings. The molecule has 0 amide bonds. The topological polar surface area (TPSA) is 9.23 Å². The molecule has 1 nitrogen and oxygen atoms in total. The van der Waals surface area contributed by atoms with E-state index >= 15 is 0 Å². The number of thiophene rings is 1. The van der Waals surface area contributed by atoms with E-state index in [-0.39, 0.29) is 5.82 Å². The fourth-order valence-electron chi connectivity index (χ4n) is 1.41. The highest BCUT2D eigenvalue weighted by atomic mass is 79.9. The summed E-state index contributed by atoms with van der Waals surface area (Å²) in [6.45, 7) is 0. The molecule has 4 heteroatoms. The summed E-state index contributed by atoms with van der Waals surface area (Å²) in [6.07, 6.45) is 0. The highest BCUT2D eigenvalue weighted by Gasteiger charge is 2.12. The Bertz CT molecular complexity index is 466. The molecule has 2 rings (SSSR count). The molecule has 0 spiro atoms. The zero-order valence-corrected chi connectivity index (χ0v) is 9.91. The average Bonchev–Trinajstić information content (AvgIpc) is 2.60. The molecule has 0 fully saturated rings. The summed E-state index contributed by atoms with van der Waals surface area (Å²) in [5.41, 5.74) is 1.09. The van der Waals surface area contributed by atoms with Gasteiger partial charge in [-0.3, -0.25) is 0 Å². The predicted molar refractivity (Wildman–Crippen MR) is 61.0 cm³/mol. The van der Waals surface area contributed by atoms with Crippen LogP contribution in [0.1, 0.15) is 5.56 Å². The van der Waals surface area contributed by atoms with E-state index in [1.54, 1.807) is 13.2 Å². The van der Waals surface area contributed by atoms with Crippen LogP contribution >= 0.6 is 27.3 Å².